The molecular formula is C28H36ClNO3. The van der Waals surface area contributed by atoms with Gasteiger partial charge in [0.1, 0.15) is 0 Å². The van der Waals surface area contributed by atoms with E-state index in [9.17, 15) is 9.59 Å². The smallest absolute Gasteiger partial charge is 0.338 e. The summed E-state index contributed by atoms with van der Waals surface area (Å²) in [5.41, 5.74) is 2.28. The molecule has 0 spiro atoms. The van der Waals surface area contributed by atoms with Crippen molar-refractivity contribution in [1.29, 1.82) is 0 Å². The van der Waals surface area contributed by atoms with Crippen molar-refractivity contribution in [1.82, 2.24) is 4.90 Å². The molecule has 2 aromatic rings. The van der Waals surface area contributed by atoms with E-state index in [1.54, 1.807) is 30.3 Å². The molecule has 0 N–H and O–H groups in total. The minimum absolute atomic E-state index is 0.163. The maximum absolute atomic E-state index is 12.5. The van der Waals surface area contributed by atoms with E-state index < -0.39 is 0 Å². The summed E-state index contributed by atoms with van der Waals surface area (Å²) in [6.07, 6.45) is 7.41. The Bertz CT molecular complexity index is 1050. The second kappa shape index (κ2) is 13.2. The summed E-state index contributed by atoms with van der Waals surface area (Å²) in [4.78, 5) is 26.9. The monoisotopic (exact) mass is 469 g/mol. The fraction of sp³-hybridized carbons (Fsp3) is 0.429. The lowest BCUT2D eigenvalue weighted by Gasteiger charge is -2.23. The predicted octanol–water partition coefficient (Wildman–Crippen LogP) is 5.24. The van der Waals surface area contributed by atoms with Crippen LogP contribution in [0.15, 0.2) is 36.4 Å². The topological polar surface area (TPSA) is 46.6 Å². The molecule has 0 aliphatic carbocycles. The van der Waals surface area contributed by atoms with Crippen molar-refractivity contribution < 1.29 is 14.3 Å². The first-order valence-corrected chi connectivity index (χ1v) is 12.1. The SMILES string of the molecule is C=c1ccc(C(=O)OC)c(CC)/c1=C/N(C)CC(CCC)CCCC(=O)c1ccc(Cl)cc1. The highest BCUT2D eigenvalue weighted by atomic mass is 35.5. The number of nitrogens with zero attached hydrogens (tertiary/aromatic N) is 1. The molecule has 1 unspecified atom stereocenters. The zero-order chi connectivity index (χ0) is 24.4. The summed E-state index contributed by atoms with van der Waals surface area (Å²) in [6.45, 7) is 9.29. The summed E-state index contributed by atoms with van der Waals surface area (Å²) in [6, 6.07) is 10.8. The van der Waals surface area contributed by atoms with Gasteiger partial charge in [0.15, 0.2) is 5.78 Å². The molecule has 0 radical (unpaired) electrons. The molecule has 0 saturated heterocycles. The summed E-state index contributed by atoms with van der Waals surface area (Å²) in [5.74, 6) is 0.325. The zero-order valence-electron chi connectivity index (χ0n) is 20.3. The molecule has 0 aliphatic heterocycles. The van der Waals surface area contributed by atoms with Crippen LogP contribution in [0.5, 0.6) is 0 Å². The van der Waals surface area contributed by atoms with Gasteiger partial charge >= 0.3 is 5.97 Å². The van der Waals surface area contributed by atoms with Crippen molar-refractivity contribution in [3.63, 3.8) is 0 Å². The van der Waals surface area contributed by atoms with Crippen molar-refractivity contribution in [3.05, 3.63) is 68.5 Å². The molecule has 2 rings (SSSR count). The maximum Gasteiger partial charge on any atom is 0.338 e. The molecule has 0 fully saturated rings. The van der Waals surface area contributed by atoms with E-state index >= 15 is 0 Å². The highest BCUT2D eigenvalue weighted by Crippen LogP contribution is 2.18. The molecule has 33 heavy (non-hydrogen) atoms. The van der Waals surface area contributed by atoms with Gasteiger partial charge in [-0.1, -0.05) is 44.5 Å². The molecule has 0 amide bonds. The number of methoxy groups -OCH3 is 1. The van der Waals surface area contributed by atoms with Gasteiger partial charge in [-0.3, -0.25) is 4.79 Å². The molecule has 0 bridgehead atoms. The molecule has 0 aliphatic rings. The molecule has 0 aromatic heterocycles. The third-order valence-electron chi connectivity index (χ3n) is 5.98. The lowest BCUT2D eigenvalue weighted by molar-refractivity contribution is 0.0599. The van der Waals surface area contributed by atoms with Crippen LogP contribution in [-0.4, -0.2) is 37.4 Å². The van der Waals surface area contributed by atoms with Crippen molar-refractivity contribution in [2.45, 2.75) is 52.4 Å². The first-order chi connectivity index (χ1) is 15.8. The van der Waals surface area contributed by atoms with Gasteiger partial charge in [0.05, 0.1) is 12.7 Å². The van der Waals surface area contributed by atoms with Gasteiger partial charge in [-0.05, 0) is 72.7 Å². The second-order valence-electron chi connectivity index (χ2n) is 8.56. The molecule has 178 valence electrons. The van der Waals surface area contributed by atoms with E-state index in [0.29, 0.717) is 22.9 Å². The Labute approximate surface area is 202 Å². The Morgan fingerprint density at radius 2 is 1.82 bits per heavy atom. The molecule has 2 aromatic carbocycles. The largest absolute Gasteiger partial charge is 0.465 e. The zero-order valence-corrected chi connectivity index (χ0v) is 21.1. The normalized spacial score (nSPS) is 12.5. The fourth-order valence-electron chi connectivity index (χ4n) is 4.30. The van der Waals surface area contributed by atoms with Gasteiger partial charge in [-0.2, -0.15) is 0 Å². The Morgan fingerprint density at radius 3 is 2.42 bits per heavy atom. The van der Waals surface area contributed by atoms with E-state index in [4.69, 9.17) is 16.3 Å². The fourth-order valence-corrected chi connectivity index (χ4v) is 4.43. The minimum atomic E-state index is -0.321. The molecule has 1 atom stereocenters. The Hall–Kier alpha value is -2.59. The number of esters is 1. The van der Waals surface area contributed by atoms with Crippen molar-refractivity contribution in [3.8, 4) is 0 Å². The van der Waals surface area contributed by atoms with Gasteiger partial charge in [-0.25, -0.2) is 4.79 Å². The Morgan fingerprint density at radius 1 is 1.12 bits per heavy atom. The predicted molar refractivity (Wildman–Crippen MR) is 137 cm³/mol. The third-order valence-corrected chi connectivity index (χ3v) is 6.23. The van der Waals surface area contributed by atoms with Crippen LogP contribution in [0.4, 0.5) is 0 Å². The molecule has 0 saturated carbocycles. The average molecular weight is 470 g/mol. The quantitative estimate of drug-likeness (QED) is 0.315. The first kappa shape index (κ1) is 26.7. The van der Waals surface area contributed by atoms with Crippen LogP contribution in [0, 0.1) is 5.92 Å². The molecule has 4 nitrogen and oxygen atoms in total. The number of hydrogen-bond donors (Lipinski definition) is 0. The number of halogens is 1. The van der Waals surface area contributed by atoms with Crippen molar-refractivity contribution in [2.75, 3.05) is 20.7 Å². The van der Waals surface area contributed by atoms with E-state index in [1.807, 2.05) is 13.0 Å². The van der Waals surface area contributed by atoms with E-state index in [1.165, 1.54) is 7.11 Å². The minimum Gasteiger partial charge on any atom is -0.465 e. The number of rotatable bonds is 12. The molecule has 0 heterocycles. The van der Waals surface area contributed by atoms with Gasteiger partial charge in [0, 0.05) is 42.0 Å². The number of carbonyl (C=O) groups excluding carboxylic acids is 2. The number of ether oxygens (including phenoxy) is 1. The van der Waals surface area contributed by atoms with Gasteiger partial charge < -0.3 is 9.64 Å². The second-order valence-corrected chi connectivity index (χ2v) is 8.99. The van der Waals surface area contributed by atoms with Crippen LogP contribution in [0.3, 0.4) is 0 Å². The van der Waals surface area contributed by atoms with Crippen molar-refractivity contribution >= 4 is 36.1 Å². The number of Topliss-reactive ketones (excluding diaryl/α,β-unsaturated/α-hetero) is 1. The van der Waals surface area contributed by atoms with Crippen LogP contribution in [0.1, 0.15) is 72.2 Å². The lowest BCUT2D eigenvalue weighted by Crippen LogP contribution is -2.34. The van der Waals surface area contributed by atoms with Gasteiger partial charge in [0.2, 0.25) is 0 Å². The number of carbonyl (C=O) groups is 2. The number of benzene rings is 2. The maximum atomic E-state index is 12.5. The summed E-state index contributed by atoms with van der Waals surface area (Å²) >= 11 is 5.92. The molecule has 5 heteroatoms. The summed E-state index contributed by atoms with van der Waals surface area (Å²) in [5, 5.41) is 2.52. The number of hydrogen-bond acceptors (Lipinski definition) is 4. The van der Waals surface area contributed by atoms with Gasteiger partial charge in [0.25, 0.3) is 0 Å². The Balaban J connectivity index is 2.09. The molecular weight excluding hydrogens is 434 g/mol. The van der Waals surface area contributed by atoms with Crippen molar-refractivity contribution in [2.24, 2.45) is 5.92 Å². The summed E-state index contributed by atoms with van der Waals surface area (Å²) < 4.78 is 4.96. The van der Waals surface area contributed by atoms with Crippen LogP contribution < -0.4 is 10.4 Å². The average Bonchev–Trinajstić information content (AvgIpc) is 2.80. The van der Waals surface area contributed by atoms with Crippen LogP contribution in [0.25, 0.3) is 12.8 Å². The van der Waals surface area contributed by atoms with E-state index in [2.05, 4.69) is 31.7 Å². The van der Waals surface area contributed by atoms with Gasteiger partial charge in [-0.15, -0.1) is 0 Å². The summed E-state index contributed by atoms with van der Waals surface area (Å²) in [7, 11) is 3.47. The standard InChI is InChI=1S/C28H36ClNO3/c1-6-9-21(10-8-11-27(31)22-13-15-23(29)16-14-22)18-30(4)19-26-20(3)12-17-25(24(26)7-2)28(32)33-5/h12-17,19,21H,3,6-11,18H2,1-2,4-5H3/b26-19+. The van der Waals surface area contributed by atoms with E-state index in [-0.39, 0.29) is 11.8 Å². The lowest BCUT2D eigenvalue weighted by atomic mass is 9.94. The highest BCUT2D eigenvalue weighted by molar-refractivity contribution is 6.30. The number of ketones is 1. The van der Waals surface area contributed by atoms with Crippen LogP contribution in [-0.2, 0) is 11.2 Å². The van der Waals surface area contributed by atoms with Crippen LogP contribution in [0.2, 0.25) is 5.02 Å². The highest BCUT2D eigenvalue weighted by Gasteiger charge is 2.14. The van der Waals surface area contributed by atoms with E-state index in [0.717, 1.165) is 60.2 Å². The Kier molecular flexibility index (Phi) is 10.7. The third kappa shape index (κ3) is 7.75. The first-order valence-electron chi connectivity index (χ1n) is 11.7. The van der Waals surface area contributed by atoms with Crippen LogP contribution >= 0.6 is 11.6 Å².